The Labute approximate surface area is 152 Å². The van der Waals surface area contributed by atoms with E-state index in [2.05, 4.69) is 16.3 Å². The molecule has 1 atom stereocenters. The minimum Gasteiger partial charge on any atom is -0.495 e. The second-order valence-electron chi connectivity index (χ2n) is 5.59. The van der Waals surface area contributed by atoms with Gasteiger partial charge in [-0.25, -0.2) is 5.01 Å². The SMILES string of the molecule is C#CC(C)(CC)N(Nc1cccc(OC)c1Cl)C(=O)c1cccnc1. The molecule has 0 aliphatic rings. The summed E-state index contributed by atoms with van der Waals surface area (Å²) in [6.45, 7) is 3.72. The fourth-order valence-electron chi connectivity index (χ4n) is 2.22. The first kappa shape index (κ1) is 18.6. The van der Waals surface area contributed by atoms with Crippen LogP contribution in [0.25, 0.3) is 0 Å². The van der Waals surface area contributed by atoms with E-state index < -0.39 is 5.54 Å². The van der Waals surface area contributed by atoms with Gasteiger partial charge in [-0.2, -0.15) is 0 Å². The van der Waals surface area contributed by atoms with Crippen LogP contribution in [0.4, 0.5) is 5.69 Å². The average molecular weight is 358 g/mol. The monoisotopic (exact) mass is 357 g/mol. The molecule has 0 fully saturated rings. The van der Waals surface area contributed by atoms with Gasteiger partial charge in [0.15, 0.2) is 0 Å². The van der Waals surface area contributed by atoms with Gasteiger partial charge in [-0.15, -0.1) is 6.42 Å². The summed E-state index contributed by atoms with van der Waals surface area (Å²) in [6, 6.07) is 8.65. The number of methoxy groups -OCH3 is 1. The molecule has 1 aromatic heterocycles. The minimum absolute atomic E-state index is 0.297. The summed E-state index contributed by atoms with van der Waals surface area (Å²) in [7, 11) is 1.53. The van der Waals surface area contributed by atoms with Gasteiger partial charge in [0.2, 0.25) is 0 Å². The van der Waals surface area contributed by atoms with Crippen molar-refractivity contribution in [1.82, 2.24) is 9.99 Å². The molecular weight excluding hydrogens is 338 g/mol. The van der Waals surface area contributed by atoms with Crippen LogP contribution in [0.3, 0.4) is 0 Å². The van der Waals surface area contributed by atoms with Gasteiger partial charge < -0.3 is 4.74 Å². The summed E-state index contributed by atoms with van der Waals surface area (Å²) in [5.74, 6) is 2.90. The molecule has 130 valence electrons. The number of nitrogens with one attached hydrogen (secondary N) is 1. The molecule has 0 aliphatic carbocycles. The fraction of sp³-hybridized carbons (Fsp3) is 0.263. The maximum atomic E-state index is 13.0. The van der Waals surface area contributed by atoms with Crippen molar-refractivity contribution in [2.45, 2.75) is 25.8 Å². The third-order valence-corrected chi connectivity index (χ3v) is 4.41. The summed E-state index contributed by atoms with van der Waals surface area (Å²) < 4.78 is 5.22. The third-order valence-electron chi connectivity index (χ3n) is 4.02. The van der Waals surface area contributed by atoms with E-state index in [9.17, 15) is 4.79 Å². The average Bonchev–Trinajstić information content (AvgIpc) is 2.66. The predicted octanol–water partition coefficient (Wildman–Crippen LogP) is 4.01. The number of hydrazine groups is 1. The van der Waals surface area contributed by atoms with Crippen molar-refractivity contribution in [2.75, 3.05) is 12.5 Å². The zero-order valence-corrected chi connectivity index (χ0v) is 15.2. The number of aromatic nitrogens is 1. The molecule has 1 N–H and O–H groups in total. The van der Waals surface area contributed by atoms with Crippen LogP contribution >= 0.6 is 11.6 Å². The van der Waals surface area contributed by atoms with Gasteiger partial charge in [0.1, 0.15) is 16.3 Å². The van der Waals surface area contributed by atoms with Crippen molar-refractivity contribution >= 4 is 23.2 Å². The summed E-state index contributed by atoms with van der Waals surface area (Å²) in [5, 5.41) is 1.77. The lowest BCUT2D eigenvalue weighted by molar-refractivity contribution is 0.0672. The Kier molecular flexibility index (Phi) is 5.89. The molecule has 1 aromatic carbocycles. The second-order valence-corrected chi connectivity index (χ2v) is 5.97. The van der Waals surface area contributed by atoms with Crippen molar-refractivity contribution < 1.29 is 9.53 Å². The van der Waals surface area contributed by atoms with E-state index in [4.69, 9.17) is 22.8 Å². The molecule has 0 radical (unpaired) electrons. The summed E-state index contributed by atoms with van der Waals surface area (Å²) in [6.07, 6.45) is 9.37. The number of hydrogen-bond acceptors (Lipinski definition) is 4. The number of nitrogens with zero attached hydrogens (tertiary/aromatic N) is 2. The lowest BCUT2D eigenvalue weighted by Crippen LogP contribution is -2.52. The van der Waals surface area contributed by atoms with Gasteiger partial charge in [0.05, 0.1) is 18.4 Å². The first-order valence-corrected chi connectivity index (χ1v) is 8.16. The number of rotatable bonds is 6. The lowest BCUT2D eigenvalue weighted by Gasteiger charge is -2.37. The van der Waals surface area contributed by atoms with E-state index in [0.717, 1.165) is 0 Å². The molecular formula is C19H20ClN3O2. The number of benzene rings is 1. The molecule has 1 heterocycles. The molecule has 0 bridgehead atoms. The number of carbonyl (C=O) groups is 1. The van der Waals surface area contributed by atoms with E-state index in [1.54, 1.807) is 36.5 Å². The third kappa shape index (κ3) is 3.86. The summed E-state index contributed by atoms with van der Waals surface area (Å²) >= 11 is 6.35. The molecule has 25 heavy (non-hydrogen) atoms. The van der Waals surface area contributed by atoms with Crippen molar-refractivity contribution in [3.05, 3.63) is 53.3 Å². The molecule has 0 spiro atoms. The number of hydrogen-bond donors (Lipinski definition) is 1. The van der Waals surface area contributed by atoms with Crippen LogP contribution in [0.2, 0.25) is 5.02 Å². The van der Waals surface area contributed by atoms with Crippen LogP contribution < -0.4 is 10.2 Å². The number of halogens is 1. The Bertz CT molecular complexity index is 789. The van der Waals surface area contributed by atoms with Gasteiger partial charge in [0, 0.05) is 12.4 Å². The van der Waals surface area contributed by atoms with E-state index in [0.29, 0.717) is 28.4 Å². The highest BCUT2D eigenvalue weighted by Gasteiger charge is 2.34. The number of terminal acetylenes is 1. The molecule has 2 rings (SSSR count). The minimum atomic E-state index is -0.862. The van der Waals surface area contributed by atoms with E-state index in [-0.39, 0.29) is 5.91 Å². The molecule has 1 amide bonds. The quantitative estimate of drug-likeness (QED) is 0.626. The van der Waals surface area contributed by atoms with Crippen molar-refractivity contribution in [1.29, 1.82) is 0 Å². The molecule has 0 saturated carbocycles. The smallest absolute Gasteiger partial charge is 0.275 e. The van der Waals surface area contributed by atoms with Crippen LogP contribution in [0.5, 0.6) is 5.75 Å². The summed E-state index contributed by atoms with van der Waals surface area (Å²) in [5.41, 5.74) is 3.14. The Balaban J connectivity index is 2.47. The van der Waals surface area contributed by atoms with E-state index in [1.807, 2.05) is 13.8 Å². The van der Waals surface area contributed by atoms with Gasteiger partial charge in [-0.1, -0.05) is 30.5 Å². The fourth-order valence-corrected chi connectivity index (χ4v) is 2.46. The first-order chi connectivity index (χ1) is 12.0. The van der Waals surface area contributed by atoms with Gasteiger partial charge in [0.25, 0.3) is 5.91 Å². The Morgan fingerprint density at radius 3 is 2.76 bits per heavy atom. The normalized spacial score (nSPS) is 12.6. The van der Waals surface area contributed by atoms with Crippen LogP contribution in [0.15, 0.2) is 42.7 Å². The second kappa shape index (κ2) is 7.91. The maximum absolute atomic E-state index is 13.0. The van der Waals surface area contributed by atoms with Crippen LogP contribution in [0.1, 0.15) is 30.6 Å². The number of pyridine rings is 1. The first-order valence-electron chi connectivity index (χ1n) is 7.78. The van der Waals surface area contributed by atoms with Crippen LogP contribution in [0, 0.1) is 12.3 Å². The Morgan fingerprint density at radius 2 is 2.20 bits per heavy atom. The highest BCUT2D eigenvalue weighted by Crippen LogP contribution is 2.33. The standard InChI is InChI=1S/C19H20ClN3O2/c1-5-19(3,6-2)23(18(24)14-9-8-12-21-13-14)22-15-10-7-11-16(25-4)17(15)20/h1,7-13,22H,6H2,2-4H3. The van der Waals surface area contributed by atoms with Crippen molar-refractivity contribution in [2.24, 2.45) is 0 Å². The molecule has 5 nitrogen and oxygen atoms in total. The number of amides is 1. The highest BCUT2D eigenvalue weighted by atomic mass is 35.5. The highest BCUT2D eigenvalue weighted by molar-refractivity contribution is 6.34. The number of ether oxygens (including phenoxy) is 1. The van der Waals surface area contributed by atoms with E-state index in [1.165, 1.54) is 18.3 Å². The van der Waals surface area contributed by atoms with Crippen molar-refractivity contribution in [3.8, 4) is 18.1 Å². The molecule has 6 heteroatoms. The zero-order valence-electron chi connectivity index (χ0n) is 14.4. The maximum Gasteiger partial charge on any atom is 0.275 e. The predicted molar refractivity (Wildman–Crippen MR) is 99.6 cm³/mol. The van der Waals surface area contributed by atoms with E-state index >= 15 is 0 Å². The Hall–Kier alpha value is -2.71. The van der Waals surface area contributed by atoms with Crippen molar-refractivity contribution in [3.63, 3.8) is 0 Å². The molecule has 1 unspecified atom stereocenters. The van der Waals surface area contributed by atoms with Crippen LogP contribution in [-0.2, 0) is 0 Å². The summed E-state index contributed by atoms with van der Waals surface area (Å²) in [4.78, 5) is 17.0. The largest absolute Gasteiger partial charge is 0.495 e. The van der Waals surface area contributed by atoms with Gasteiger partial charge in [-0.3, -0.25) is 15.2 Å². The molecule has 2 aromatic rings. The van der Waals surface area contributed by atoms with Gasteiger partial charge >= 0.3 is 0 Å². The zero-order chi connectivity index (χ0) is 18.4. The number of anilines is 1. The lowest BCUT2D eigenvalue weighted by atomic mass is 9.98. The Morgan fingerprint density at radius 1 is 1.44 bits per heavy atom. The molecule has 0 aliphatic heterocycles. The molecule has 0 saturated heterocycles. The number of carbonyl (C=O) groups excluding carboxylic acids is 1. The van der Waals surface area contributed by atoms with Crippen LogP contribution in [-0.4, -0.2) is 28.5 Å². The topological polar surface area (TPSA) is 54.5 Å². The van der Waals surface area contributed by atoms with Gasteiger partial charge in [-0.05, 0) is 37.6 Å².